The maximum atomic E-state index is 11.4. The first-order valence-corrected chi connectivity index (χ1v) is 6.92. The number of rotatable bonds is 9. The Morgan fingerprint density at radius 2 is 1.86 bits per heavy atom. The predicted molar refractivity (Wildman–Crippen MR) is 78.7 cm³/mol. The Labute approximate surface area is 124 Å². The lowest BCUT2D eigenvalue weighted by Crippen LogP contribution is -2.31. The van der Waals surface area contributed by atoms with Crippen LogP contribution in [-0.2, 0) is 20.9 Å². The van der Waals surface area contributed by atoms with Crippen LogP contribution in [0.15, 0.2) is 30.3 Å². The van der Waals surface area contributed by atoms with Gasteiger partial charge in [-0.3, -0.25) is 4.79 Å². The predicted octanol–water partition coefficient (Wildman–Crippen LogP) is 1.46. The molecule has 2 N–H and O–H groups in total. The Balaban J connectivity index is 2.04. The highest BCUT2D eigenvalue weighted by atomic mass is 16.5. The number of hydrogen-bond acceptors (Lipinski definition) is 4. The average Bonchev–Trinajstić information content (AvgIpc) is 2.50. The molecule has 0 aliphatic heterocycles. The molecule has 0 saturated carbocycles. The van der Waals surface area contributed by atoms with E-state index in [0.717, 1.165) is 12.0 Å². The van der Waals surface area contributed by atoms with Gasteiger partial charge < -0.3 is 20.1 Å². The topological polar surface area (TPSA) is 76.7 Å². The highest BCUT2D eigenvalue weighted by Gasteiger charge is 2.04. The average molecular weight is 294 g/mol. The minimum absolute atomic E-state index is 0.102. The van der Waals surface area contributed by atoms with E-state index < -0.39 is 6.09 Å². The van der Waals surface area contributed by atoms with Crippen molar-refractivity contribution in [1.82, 2.24) is 10.6 Å². The molecule has 0 radical (unpaired) electrons. The van der Waals surface area contributed by atoms with Crippen molar-refractivity contribution in [1.29, 1.82) is 0 Å². The highest BCUT2D eigenvalue weighted by molar-refractivity contribution is 5.76. The summed E-state index contributed by atoms with van der Waals surface area (Å²) in [6.07, 6.45) is 0.480. The lowest BCUT2D eigenvalue weighted by atomic mass is 10.2. The second-order valence-electron chi connectivity index (χ2n) is 4.43. The number of benzene rings is 1. The number of carbonyl (C=O) groups is 2. The fourth-order valence-corrected chi connectivity index (χ4v) is 1.58. The molecule has 0 heterocycles. The van der Waals surface area contributed by atoms with E-state index in [1.165, 1.54) is 0 Å². The maximum Gasteiger partial charge on any atom is 0.407 e. The molecule has 1 aromatic carbocycles. The van der Waals surface area contributed by atoms with E-state index in [4.69, 9.17) is 9.47 Å². The van der Waals surface area contributed by atoms with Crippen molar-refractivity contribution < 1.29 is 19.1 Å². The molecule has 116 valence electrons. The van der Waals surface area contributed by atoms with Crippen molar-refractivity contribution in [2.75, 3.05) is 26.8 Å². The fraction of sp³-hybridized carbons (Fsp3) is 0.467. The largest absolute Gasteiger partial charge is 0.445 e. The van der Waals surface area contributed by atoms with E-state index >= 15 is 0 Å². The third kappa shape index (κ3) is 8.65. The molecule has 0 spiro atoms. The van der Waals surface area contributed by atoms with Crippen LogP contribution >= 0.6 is 0 Å². The molecule has 0 bridgehead atoms. The Morgan fingerprint density at radius 1 is 1.10 bits per heavy atom. The van der Waals surface area contributed by atoms with Crippen molar-refractivity contribution in [3.8, 4) is 0 Å². The molecule has 0 aromatic heterocycles. The van der Waals surface area contributed by atoms with Crippen LogP contribution in [0.2, 0.25) is 0 Å². The molecule has 0 aliphatic carbocycles. The number of amides is 2. The standard InChI is InChI=1S/C15H22N2O4/c1-20-11-5-9-16-14(18)8-10-17-15(19)21-12-13-6-3-2-4-7-13/h2-4,6-7H,5,8-12H2,1H3,(H,16,18)(H,17,19). The second kappa shape index (κ2) is 10.7. The first-order valence-electron chi connectivity index (χ1n) is 6.92. The van der Waals surface area contributed by atoms with Gasteiger partial charge in [0, 0.05) is 33.2 Å². The number of ether oxygens (including phenoxy) is 2. The summed E-state index contributed by atoms with van der Waals surface area (Å²) in [7, 11) is 1.62. The summed E-state index contributed by atoms with van der Waals surface area (Å²) in [5.41, 5.74) is 0.920. The van der Waals surface area contributed by atoms with Gasteiger partial charge in [-0.1, -0.05) is 30.3 Å². The van der Waals surface area contributed by atoms with Crippen LogP contribution in [0.3, 0.4) is 0 Å². The van der Waals surface area contributed by atoms with Crippen molar-refractivity contribution in [2.24, 2.45) is 0 Å². The third-order valence-electron chi connectivity index (χ3n) is 2.68. The minimum Gasteiger partial charge on any atom is -0.445 e. The first-order chi connectivity index (χ1) is 10.2. The van der Waals surface area contributed by atoms with E-state index in [-0.39, 0.29) is 25.5 Å². The lowest BCUT2D eigenvalue weighted by Gasteiger charge is -2.07. The van der Waals surface area contributed by atoms with Gasteiger partial charge in [0.2, 0.25) is 5.91 Å². The molecular weight excluding hydrogens is 272 g/mol. The van der Waals surface area contributed by atoms with Crippen molar-refractivity contribution in [3.05, 3.63) is 35.9 Å². The zero-order chi connectivity index (χ0) is 15.3. The number of alkyl carbamates (subject to hydrolysis) is 1. The molecule has 0 aliphatic rings. The van der Waals surface area contributed by atoms with E-state index in [0.29, 0.717) is 13.2 Å². The summed E-state index contributed by atoms with van der Waals surface area (Å²) in [5.74, 6) is -0.102. The molecule has 6 nitrogen and oxygen atoms in total. The molecule has 2 amide bonds. The molecule has 21 heavy (non-hydrogen) atoms. The van der Waals surface area contributed by atoms with Gasteiger partial charge in [0.15, 0.2) is 0 Å². The zero-order valence-electron chi connectivity index (χ0n) is 12.3. The van der Waals surface area contributed by atoms with Crippen LogP contribution in [-0.4, -0.2) is 38.8 Å². The number of nitrogens with one attached hydrogen (secondary N) is 2. The molecule has 0 saturated heterocycles. The molecule has 0 unspecified atom stereocenters. The normalized spacial score (nSPS) is 9.95. The fourth-order valence-electron chi connectivity index (χ4n) is 1.58. The van der Waals surface area contributed by atoms with Crippen LogP contribution in [0.5, 0.6) is 0 Å². The van der Waals surface area contributed by atoms with Gasteiger partial charge in [0.1, 0.15) is 6.61 Å². The summed E-state index contributed by atoms with van der Waals surface area (Å²) in [4.78, 5) is 22.8. The van der Waals surface area contributed by atoms with Gasteiger partial charge in [-0.15, -0.1) is 0 Å². The van der Waals surface area contributed by atoms with Crippen LogP contribution in [0.25, 0.3) is 0 Å². The minimum atomic E-state index is -0.522. The highest BCUT2D eigenvalue weighted by Crippen LogP contribution is 2.00. The molecular formula is C15H22N2O4. The number of carbonyl (C=O) groups excluding carboxylic acids is 2. The molecule has 0 atom stereocenters. The number of methoxy groups -OCH3 is 1. The Kier molecular flexibility index (Phi) is 8.63. The summed E-state index contributed by atoms with van der Waals surface area (Å²) in [6.45, 7) is 1.66. The van der Waals surface area contributed by atoms with E-state index in [2.05, 4.69) is 10.6 Å². The summed E-state index contributed by atoms with van der Waals surface area (Å²) in [6, 6.07) is 9.41. The van der Waals surface area contributed by atoms with Gasteiger partial charge in [-0.05, 0) is 12.0 Å². The molecule has 1 rings (SSSR count). The molecule has 0 fully saturated rings. The molecule has 6 heteroatoms. The van der Waals surface area contributed by atoms with Gasteiger partial charge in [-0.25, -0.2) is 4.79 Å². The third-order valence-corrected chi connectivity index (χ3v) is 2.68. The van der Waals surface area contributed by atoms with Crippen LogP contribution in [0, 0.1) is 0 Å². The Morgan fingerprint density at radius 3 is 2.57 bits per heavy atom. The van der Waals surface area contributed by atoms with Crippen LogP contribution in [0.1, 0.15) is 18.4 Å². The maximum absolute atomic E-state index is 11.4. The van der Waals surface area contributed by atoms with Crippen LogP contribution < -0.4 is 10.6 Å². The van der Waals surface area contributed by atoms with Crippen LogP contribution in [0.4, 0.5) is 4.79 Å². The Bertz CT molecular complexity index is 423. The second-order valence-corrected chi connectivity index (χ2v) is 4.43. The lowest BCUT2D eigenvalue weighted by molar-refractivity contribution is -0.121. The van der Waals surface area contributed by atoms with E-state index in [9.17, 15) is 9.59 Å². The van der Waals surface area contributed by atoms with Gasteiger partial charge in [0.05, 0.1) is 0 Å². The quantitative estimate of drug-likeness (QED) is 0.676. The molecule has 1 aromatic rings. The van der Waals surface area contributed by atoms with E-state index in [1.54, 1.807) is 7.11 Å². The van der Waals surface area contributed by atoms with Gasteiger partial charge in [0.25, 0.3) is 0 Å². The van der Waals surface area contributed by atoms with Crippen molar-refractivity contribution in [3.63, 3.8) is 0 Å². The van der Waals surface area contributed by atoms with Gasteiger partial charge in [-0.2, -0.15) is 0 Å². The summed E-state index contributed by atoms with van der Waals surface area (Å²) >= 11 is 0. The summed E-state index contributed by atoms with van der Waals surface area (Å²) < 4.78 is 9.90. The SMILES string of the molecule is COCCCNC(=O)CCNC(=O)OCc1ccccc1. The van der Waals surface area contributed by atoms with Crippen molar-refractivity contribution >= 4 is 12.0 Å². The number of hydrogen-bond donors (Lipinski definition) is 2. The summed E-state index contributed by atoms with van der Waals surface area (Å²) in [5, 5.41) is 5.28. The monoisotopic (exact) mass is 294 g/mol. The van der Waals surface area contributed by atoms with Crippen molar-refractivity contribution in [2.45, 2.75) is 19.4 Å². The smallest absolute Gasteiger partial charge is 0.407 e. The van der Waals surface area contributed by atoms with E-state index in [1.807, 2.05) is 30.3 Å². The van der Waals surface area contributed by atoms with Gasteiger partial charge >= 0.3 is 6.09 Å². The Hall–Kier alpha value is -2.08. The first kappa shape index (κ1) is 17.0. The zero-order valence-corrected chi connectivity index (χ0v) is 12.3.